The van der Waals surface area contributed by atoms with Gasteiger partial charge in [-0.15, -0.1) is 0 Å². The van der Waals surface area contributed by atoms with Gasteiger partial charge in [0.1, 0.15) is 0 Å². The van der Waals surface area contributed by atoms with Crippen LogP contribution in [0, 0.1) is 17.8 Å². The fraction of sp³-hybridized carbons (Fsp3) is 0.600. The Bertz CT molecular complexity index is 879. The van der Waals surface area contributed by atoms with Crippen LogP contribution >= 0.6 is 15.9 Å². The zero-order chi connectivity index (χ0) is 16.6. The Morgan fingerprint density at radius 1 is 1.13 bits per heavy atom. The summed E-state index contributed by atoms with van der Waals surface area (Å²) in [5, 5.41) is 0. The molecule has 1 aromatic rings. The van der Waals surface area contributed by atoms with Crippen molar-refractivity contribution in [2.45, 2.75) is 35.1 Å². The maximum atomic E-state index is 13.0. The molecule has 0 unspecified atom stereocenters. The van der Waals surface area contributed by atoms with Crippen LogP contribution in [0.15, 0.2) is 32.5 Å². The van der Waals surface area contributed by atoms with Gasteiger partial charge in [-0.25, -0.2) is 16.8 Å². The zero-order valence-corrected chi connectivity index (χ0v) is 15.9. The number of nitrogens with zero attached hydrogens (tertiary/aromatic N) is 1. The lowest BCUT2D eigenvalue weighted by Crippen LogP contribution is -2.60. The van der Waals surface area contributed by atoms with Crippen LogP contribution in [0.4, 0.5) is 0 Å². The maximum Gasteiger partial charge on any atom is 0.244 e. The number of sulfonamides is 1. The van der Waals surface area contributed by atoms with E-state index >= 15 is 0 Å². The van der Waals surface area contributed by atoms with E-state index in [1.807, 2.05) is 0 Å². The molecule has 0 radical (unpaired) electrons. The fourth-order valence-electron chi connectivity index (χ4n) is 4.57. The Kier molecular flexibility index (Phi) is 3.51. The molecule has 4 rings (SSSR count). The summed E-state index contributed by atoms with van der Waals surface area (Å²) in [6.07, 6.45) is 4.57. The summed E-state index contributed by atoms with van der Waals surface area (Å²) in [5.41, 5.74) is 0. The van der Waals surface area contributed by atoms with Crippen molar-refractivity contribution in [1.29, 1.82) is 0 Å². The first-order valence-corrected chi connectivity index (χ1v) is 11.8. The Balaban J connectivity index is 1.73. The lowest BCUT2D eigenvalue weighted by atomic mass is 9.79. The molecule has 126 valence electrons. The third-order valence-corrected chi connectivity index (χ3v) is 9.65. The van der Waals surface area contributed by atoms with E-state index in [0.717, 1.165) is 19.1 Å². The molecule has 0 amide bonds. The molecule has 0 aromatic heterocycles. The normalized spacial score (nSPS) is 33.5. The molecular formula is C15H18BrNO4S2. The smallest absolute Gasteiger partial charge is 0.224 e. The monoisotopic (exact) mass is 419 g/mol. The molecule has 1 aromatic carbocycles. The molecule has 2 aliphatic carbocycles. The van der Waals surface area contributed by atoms with Crippen molar-refractivity contribution in [3.8, 4) is 0 Å². The van der Waals surface area contributed by atoms with Crippen LogP contribution in [0.25, 0.3) is 0 Å². The number of rotatable bonds is 3. The molecular weight excluding hydrogens is 402 g/mol. The van der Waals surface area contributed by atoms with Crippen molar-refractivity contribution in [1.82, 2.24) is 4.31 Å². The molecule has 0 N–H and O–H groups in total. The van der Waals surface area contributed by atoms with Gasteiger partial charge in [0.05, 0.1) is 9.79 Å². The van der Waals surface area contributed by atoms with Crippen molar-refractivity contribution >= 4 is 35.8 Å². The van der Waals surface area contributed by atoms with Crippen LogP contribution in [0.2, 0.25) is 0 Å². The van der Waals surface area contributed by atoms with E-state index in [4.69, 9.17) is 0 Å². The van der Waals surface area contributed by atoms with E-state index < -0.39 is 19.9 Å². The van der Waals surface area contributed by atoms with E-state index in [0.29, 0.717) is 28.8 Å². The van der Waals surface area contributed by atoms with E-state index in [-0.39, 0.29) is 15.8 Å². The molecule has 2 bridgehead atoms. The van der Waals surface area contributed by atoms with Gasteiger partial charge in [-0.2, -0.15) is 4.31 Å². The van der Waals surface area contributed by atoms with Gasteiger partial charge in [0, 0.05) is 23.3 Å². The average molecular weight is 420 g/mol. The molecule has 0 spiro atoms. The van der Waals surface area contributed by atoms with Crippen molar-refractivity contribution in [3.05, 3.63) is 22.7 Å². The molecule has 2 saturated carbocycles. The Hall–Kier alpha value is -0.440. The van der Waals surface area contributed by atoms with Crippen LogP contribution in [-0.4, -0.2) is 40.0 Å². The number of benzene rings is 1. The Labute approximate surface area is 145 Å². The van der Waals surface area contributed by atoms with Gasteiger partial charge in [-0.3, -0.25) is 0 Å². The van der Waals surface area contributed by atoms with Gasteiger partial charge in [-0.05, 0) is 71.1 Å². The number of hydrogen-bond donors (Lipinski definition) is 0. The third kappa shape index (κ3) is 2.33. The number of fused-ring (bicyclic) bond motifs is 5. The predicted octanol–water partition coefficient (Wildman–Crippen LogP) is 2.27. The number of halogens is 1. The second-order valence-corrected chi connectivity index (χ2v) is 11.7. The molecule has 23 heavy (non-hydrogen) atoms. The van der Waals surface area contributed by atoms with Crippen molar-refractivity contribution in [3.63, 3.8) is 0 Å². The van der Waals surface area contributed by atoms with Gasteiger partial charge in [0.2, 0.25) is 10.0 Å². The first kappa shape index (κ1) is 16.1. The lowest BCUT2D eigenvalue weighted by molar-refractivity contribution is 0.0506. The highest BCUT2D eigenvalue weighted by molar-refractivity contribution is 9.10. The average Bonchev–Trinajstić information content (AvgIpc) is 2.93. The van der Waals surface area contributed by atoms with Gasteiger partial charge in [-0.1, -0.05) is 0 Å². The van der Waals surface area contributed by atoms with Gasteiger partial charge < -0.3 is 0 Å². The summed E-state index contributed by atoms with van der Waals surface area (Å²) in [5.74, 6) is 1.66. The largest absolute Gasteiger partial charge is 0.244 e. The summed E-state index contributed by atoms with van der Waals surface area (Å²) < 4.78 is 51.6. The van der Waals surface area contributed by atoms with E-state index in [2.05, 4.69) is 15.9 Å². The van der Waals surface area contributed by atoms with Crippen molar-refractivity contribution in [2.24, 2.45) is 17.8 Å². The summed E-state index contributed by atoms with van der Waals surface area (Å²) >= 11 is 3.27. The highest BCUT2D eigenvalue weighted by atomic mass is 79.9. The SMILES string of the molecule is CS(=O)(=O)c1ccc(Br)c(S(=O)(=O)N2C[C@H]3[C@H]4CC[C@@H](C4)[C@@H]32)c1. The minimum atomic E-state index is -3.67. The van der Waals surface area contributed by atoms with E-state index in [1.165, 1.54) is 24.6 Å². The number of sulfone groups is 1. The second-order valence-electron chi connectivity index (χ2n) is 6.93. The van der Waals surface area contributed by atoms with E-state index in [9.17, 15) is 16.8 Å². The van der Waals surface area contributed by atoms with Gasteiger partial charge in [0.15, 0.2) is 9.84 Å². The zero-order valence-electron chi connectivity index (χ0n) is 12.6. The fourth-order valence-corrected chi connectivity index (χ4v) is 8.02. The Morgan fingerprint density at radius 3 is 2.48 bits per heavy atom. The van der Waals surface area contributed by atoms with Gasteiger partial charge >= 0.3 is 0 Å². The molecule has 8 heteroatoms. The highest BCUT2D eigenvalue weighted by Crippen LogP contribution is 2.57. The van der Waals surface area contributed by atoms with Crippen LogP contribution in [0.3, 0.4) is 0 Å². The van der Waals surface area contributed by atoms with E-state index in [1.54, 1.807) is 4.31 Å². The summed E-state index contributed by atoms with van der Waals surface area (Å²) in [6.45, 7) is 0.573. The van der Waals surface area contributed by atoms with Crippen LogP contribution in [0.1, 0.15) is 19.3 Å². The molecule has 3 aliphatic rings. The van der Waals surface area contributed by atoms with Crippen LogP contribution < -0.4 is 0 Å². The third-order valence-electron chi connectivity index (χ3n) is 5.68. The Morgan fingerprint density at radius 2 is 1.83 bits per heavy atom. The number of hydrogen-bond acceptors (Lipinski definition) is 4. The van der Waals surface area contributed by atoms with Crippen molar-refractivity contribution < 1.29 is 16.8 Å². The molecule has 1 aliphatic heterocycles. The topological polar surface area (TPSA) is 71.5 Å². The second kappa shape index (κ2) is 5.03. The highest BCUT2D eigenvalue weighted by Gasteiger charge is 2.59. The predicted molar refractivity (Wildman–Crippen MR) is 89.3 cm³/mol. The summed E-state index contributed by atoms with van der Waals surface area (Å²) in [6, 6.07) is 4.32. The minimum Gasteiger partial charge on any atom is -0.224 e. The molecule has 4 atom stereocenters. The van der Waals surface area contributed by atoms with Crippen LogP contribution in [-0.2, 0) is 19.9 Å². The molecule has 1 heterocycles. The van der Waals surface area contributed by atoms with Gasteiger partial charge in [0.25, 0.3) is 0 Å². The quantitative estimate of drug-likeness (QED) is 0.752. The van der Waals surface area contributed by atoms with Crippen LogP contribution in [0.5, 0.6) is 0 Å². The summed E-state index contributed by atoms with van der Waals surface area (Å²) in [7, 11) is -7.12. The standard InChI is InChI=1S/C15H18BrNO4S2/c1-22(18,19)11-4-5-13(16)14(7-11)23(20,21)17-8-12-9-2-3-10(6-9)15(12)17/h4-5,7,9-10,12,15H,2-3,6,8H2,1H3/t9-,10-,12-,15-/m0/s1. The lowest BCUT2D eigenvalue weighted by Gasteiger charge is -2.49. The van der Waals surface area contributed by atoms with Crippen molar-refractivity contribution in [2.75, 3.05) is 12.8 Å². The first-order valence-electron chi connectivity index (χ1n) is 7.71. The maximum absolute atomic E-state index is 13.0. The summed E-state index contributed by atoms with van der Waals surface area (Å²) in [4.78, 5) is 0.0888. The molecule has 1 saturated heterocycles. The first-order chi connectivity index (χ1) is 10.7. The minimum absolute atomic E-state index is 0.0318. The molecule has 5 nitrogen and oxygen atoms in total. The molecule has 3 fully saturated rings.